The Morgan fingerprint density at radius 2 is 1.59 bits per heavy atom. The summed E-state index contributed by atoms with van der Waals surface area (Å²) in [6.45, 7) is 3.12. The zero-order valence-electron chi connectivity index (χ0n) is 17.9. The molecule has 164 valence electrons. The molecule has 3 rings (SSSR count). The molecule has 3 aromatic rings. The second-order valence-corrected chi connectivity index (χ2v) is 7.25. The Morgan fingerprint density at radius 1 is 0.875 bits per heavy atom. The van der Waals surface area contributed by atoms with Crippen molar-refractivity contribution in [3.63, 3.8) is 0 Å². The summed E-state index contributed by atoms with van der Waals surface area (Å²) in [6.07, 6.45) is 0. The smallest absolute Gasteiger partial charge is 0.276 e. The summed E-state index contributed by atoms with van der Waals surface area (Å²) < 4.78 is 5.65. The topological polar surface area (TPSA) is 96.5 Å². The molecule has 0 aromatic heterocycles. The minimum absolute atomic E-state index is 0.284. The Balaban J connectivity index is 1.48. The lowest BCUT2D eigenvalue weighted by Gasteiger charge is -2.15. The number of rotatable bonds is 7. The largest absolute Gasteiger partial charge is 0.483 e. The lowest BCUT2D eigenvalue weighted by molar-refractivity contribution is -0.130. The maximum atomic E-state index is 12.3. The van der Waals surface area contributed by atoms with Gasteiger partial charge in [-0.1, -0.05) is 66.2 Å². The summed E-state index contributed by atoms with van der Waals surface area (Å²) in [4.78, 5) is 36.6. The Hall–Kier alpha value is -4.13. The minimum Gasteiger partial charge on any atom is -0.483 e. The summed E-state index contributed by atoms with van der Waals surface area (Å²) in [7, 11) is 0. The standard InChI is InChI=1S/C25H25N3O4/c1-17-9-8-12-20(15-17)25(31)26-18(2)24(30)28-27-23(29)16-32-22-14-7-6-13-21(22)19-10-4-3-5-11-19/h3-15,18H,16H2,1-2H3,(H,26,31)(H,27,29)(H,28,30)/t18-/m0/s1. The fourth-order valence-electron chi connectivity index (χ4n) is 3.00. The zero-order chi connectivity index (χ0) is 22.9. The number of benzene rings is 3. The Morgan fingerprint density at radius 3 is 2.34 bits per heavy atom. The molecule has 0 unspecified atom stereocenters. The second-order valence-electron chi connectivity index (χ2n) is 7.25. The normalized spacial score (nSPS) is 11.2. The van der Waals surface area contributed by atoms with Crippen LogP contribution < -0.4 is 20.9 Å². The van der Waals surface area contributed by atoms with E-state index in [0.29, 0.717) is 11.3 Å². The number of carbonyl (C=O) groups is 3. The molecule has 0 saturated heterocycles. The van der Waals surface area contributed by atoms with E-state index in [2.05, 4.69) is 16.2 Å². The van der Waals surface area contributed by atoms with E-state index in [1.165, 1.54) is 6.92 Å². The van der Waals surface area contributed by atoms with Gasteiger partial charge in [0.05, 0.1) is 0 Å². The van der Waals surface area contributed by atoms with Gasteiger partial charge in [-0.2, -0.15) is 0 Å². The van der Waals surface area contributed by atoms with Crippen molar-refractivity contribution in [2.45, 2.75) is 19.9 Å². The van der Waals surface area contributed by atoms with Gasteiger partial charge in [0.1, 0.15) is 11.8 Å². The van der Waals surface area contributed by atoms with Crippen molar-refractivity contribution in [2.75, 3.05) is 6.61 Å². The molecule has 0 saturated carbocycles. The van der Waals surface area contributed by atoms with Crippen LogP contribution in [0.4, 0.5) is 0 Å². The van der Waals surface area contributed by atoms with Crippen molar-refractivity contribution < 1.29 is 19.1 Å². The van der Waals surface area contributed by atoms with E-state index >= 15 is 0 Å². The van der Waals surface area contributed by atoms with Gasteiger partial charge in [-0.25, -0.2) is 0 Å². The van der Waals surface area contributed by atoms with Gasteiger partial charge in [-0.3, -0.25) is 25.2 Å². The number of aryl methyl sites for hydroxylation is 1. The molecule has 7 heteroatoms. The molecule has 0 aliphatic carbocycles. The second kappa shape index (κ2) is 10.8. The number of ether oxygens (including phenoxy) is 1. The van der Waals surface area contributed by atoms with E-state index in [1.807, 2.05) is 61.5 Å². The van der Waals surface area contributed by atoms with Gasteiger partial charge in [-0.05, 0) is 37.6 Å². The maximum Gasteiger partial charge on any atom is 0.276 e. The molecule has 0 radical (unpaired) electrons. The summed E-state index contributed by atoms with van der Waals surface area (Å²) in [6, 6.07) is 23.3. The molecule has 0 aliphatic rings. The van der Waals surface area contributed by atoms with Crippen molar-refractivity contribution in [2.24, 2.45) is 0 Å². The van der Waals surface area contributed by atoms with E-state index < -0.39 is 17.9 Å². The molecule has 0 heterocycles. The average molecular weight is 431 g/mol. The van der Waals surface area contributed by atoms with E-state index in [9.17, 15) is 14.4 Å². The summed E-state index contributed by atoms with van der Waals surface area (Å²) >= 11 is 0. The van der Waals surface area contributed by atoms with Gasteiger partial charge >= 0.3 is 0 Å². The van der Waals surface area contributed by atoms with Crippen molar-refractivity contribution in [3.05, 3.63) is 90.0 Å². The molecule has 7 nitrogen and oxygen atoms in total. The number of para-hydroxylation sites is 1. The summed E-state index contributed by atoms with van der Waals surface area (Å²) in [5.74, 6) is -0.898. The first kappa shape index (κ1) is 22.6. The fourth-order valence-corrected chi connectivity index (χ4v) is 3.00. The molecule has 32 heavy (non-hydrogen) atoms. The SMILES string of the molecule is Cc1cccc(C(=O)N[C@@H](C)C(=O)NNC(=O)COc2ccccc2-c2ccccc2)c1. The fraction of sp³-hybridized carbons (Fsp3) is 0.160. The van der Waals surface area contributed by atoms with Crippen molar-refractivity contribution in [1.29, 1.82) is 0 Å². The van der Waals surface area contributed by atoms with Crippen LogP contribution in [0.25, 0.3) is 11.1 Å². The van der Waals surface area contributed by atoms with Crippen LogP contribution in [0.3, 0.4) is 0 Å². The first-order chi connectivity index (χ1) is 15.4. The van der Waals surface area contributed by atoms with Crippen LogP contribution in [-0.2, 0) is 9.59 Å². The highest BCUT2D eigenvalue weighted by Gasteiger charge is 2.17. The van der Waals surface area contributed by atoms with Gasteiger partial charge < -0.3 is 10.1 Å². The Kier molecular flexibility index (Phi) is 7.59. The molecule has 0 bridgehead atoms. The number of nitrogens with one attached hydrogen (secondary N) is 3. The summed E-state index contributed by atoms with van der Waals surface area (Å²) in [5.41, 5.74) is 7.82. The molecule has 3 aromatic carbocycles. The van der Waals surface area contributed by atoms with E-state index in [-0.39, 0.29) is 12.5 Å². The highest BCUT2D eigenvalue weighted by molar-refractivity contribution is 5.97. The third kappa shape index (κ3) is 6.18. The van der Waals surface area contributed by atoms with Crippen molar-refractivity contribution >= 4 is 17.7 Å². The molecule has 0 fully saturated rings. The van der Waals surface area contributed by atoms with E-state index in [4.69, 9.17) is 4.74 Å². The predicted molar refractivity (Wildman–Crippen MR) is 122 cm³/mol. The molecular formula is C25H25N3O4. The van der Waals surface area contributed by atoms with Gasteiger partial charge in [0.2, 0.25) is 0 Å². The molecule has 3 N–H and O–H groups in total. The van der Waals surface area contributed by atoms with Gasteiger partial charge in [-0.15, -0.1) is 0 Å². The zero-order valence-corrected chi connectivity index (χ0v) is 17.9. The lowest BCUT2D eigenvalue weighted by atomic mass is 10.1. The molecule has 0 spiro atoms. The quantitative estimate of drug-likeness (QED) is 0.501. The monoisotopic (exact) mass is 431 g/mol. The van der Waals surface area contributed by atoms with Gasteiger partial charge in [0, 0.05) is 11.1 Å². The first-order valence-corrected chi connectivity index (χ1v) is 10.2. The van der Waals surface area contributed by atoms with E-state index in [0.717, 1.165) is 16.7 Å². The Bertz CT molecular complexity index is 1100. The van der Waals surface area contributed by atoms with Crippen LogP contribution >= 0.6 is 0 Å². The van der Waals surface area contributed by atoms with Crippen LogP contribution in [0.2, 0.25) is 0 Å². The van der Waals surface area contributed by atoms with Crippen molar-refractivity contribution in [3.8, 4) is 16.9 Å². The number of hydrogen-bond acceptors (Lipinski definition) is 4. The highest BCUT2D eigenvalue weighted by Crippen LogP contribution is 2.29. The number of carbonyl (C=O) groups excluding carboxylic acids is 3. The number of hydrogen-bond donors (Lipinski definition) is 3. The minimum atomic E-state index is -0.844. The number of amides is 3. The molecule has 1 atom stereocenters. The summed E-state index contributed by atoms with van der Waals surface area (Å²) in [5, 5.41) is 2.60. The lowest BCUT2D eigenvalue weighted by Crippen LogP contribution is -2.52. The predicted octanol–water partition coefficient (Wildman–Crippen LogP) is 3.01. The highest BCUT2D eigenvalue weighted by atomic mass is 16.5. The molecular weight excluding hydrogens is 406 g/mol. The van der Waals surface area contributed by atoms with Crippen molar-refractivity contribution in [1.82, 2.24) is 16.2 Å². The van der Waals surface area contributed by atoms with Crippen LogP contribution in [0.5, 0.6) is 5.75 Å². The molecule has 0 aliphatic heterocycles. The van der Waals surface area contributed by atoms with Crippen LogP contribution in [0, 0.1) is 6.92 Å². The van der Waals surface area contributed by atoms with Gasteiger partial charge in [0.25, 0.3) is 17.7 Å². The Labute approximate surface area is 186 Å². The van der Waals surface area contributed by atoms with Gasteiger partial charge in [0.15, 0.2) is 6.61 Å². The van der Waals surface area contributed by atoms with Crippen LogP contribution in [0.15, 0.2) is 78.9 Å². The number of hydrazine groups is 1. The maximum absolute atomic E-state index is 12.3. The van der Waals surface area contributed by atoms with Crippen LogP contribution in [0.1, 0.15) is 22.8 Å². The average Bonchev–Trinajstić information content (AvgIpc) is 2.81. The molecule has 3 amide bonds. The third-order valence-corrected chi connectivity index (χ3v) is 4.68. The van der Waals surface area contributed by atoms with Crippen LogP contribution in [-0.4, -0.2) is 30.4 Å². The third-order valence-electron chi connectivity index (χ3n) is 4.68. The first-order valence-electron chi connectivity index (χ1n) is 10.2. The van der Waals surface area contributed by atoms with E-state index in [1.54, 1.807) is 24.3 Å².